The van der Waals surface area contributed by atoms with E-state index >= 15 is 0 Å². The van der Waals surface area contributed by atoms with Gasteiger partial charge in [0.25, 0.3) is 0 Å². The smallest absolute Gasteiger partial charge is 0.337 e. The predicted octanol–water partition coefficient (Wildman–Crippen LogP) is 0.958. The third-order valence-corrected chi connectivity index (χ3v) is 2.59. The summed E-state index contributed by atoms with van der Waals surface area (Å²) in [4.78, 5) is 11.3. The molecule has 2 N–H and O–H groups in total. The summed E-state index contributed by atoms with van der Waals surface area (Å²) in [5.74, 6) is -0.480. The Morgan fingerprint density at radius 1 is 1.44 bits per heavy atom. The van der Waals surface area contributed by atoms with Crippen LogP contribution in [0.5, 0.6) is 0 Å². The van der Waals surface area contributed by atoms with Crippen molar-refractivity contribution in [3.63, 3.8) is 0 Å². The Labute approximate surface area is 91.2 Å². The van der Waals surface area contributed by atoms with Crippen LogP contribution in [-0.4, -0.2) is 28.4 Å². The van der Waals surface area contributed by atoms with E-state index in [1.807, 2.05) is 0 Å². The second kappa shape index (κ2) is 3.49. The van der Waals surface area contributed by atoms with Crippen LogP contribution < -0.4 is 4.90 Å². The minimum atomic E-state index is -1.44. The summed E-state index contributed by atoms with van der Waals surface area (Å²) >= 11 is 0. The molecule has 0 saturated heterocycles. The standard InChI is InChI=1S/C10H10N2O4/c1-11-7-5-3-2-4-6(7)9(13)8(10(11)14)12(15)16/h2-5,10,13-14H,1H3. The summed E-state index contributed by atoms with van der Waals surface area (Å²) in [6.07, 6.45) is -1.44. The maximum Gasteiger partial charge on any atom is 0.337 e. The summed E-state index contributed by atoms with van der Waals surface area (Å²) in [7, 11) is 1.53. The van der Waals surface area contributed by atoms with Crippen LogP contribution in [0.1, 0.15) is 5.56 Å². The van der Waals surface area contributed by atoms with E-state index in [0.29, 0.717) is 11.3 Å². The van der Waals surface area contributed by atoms with E-state index < -0.39 is 22.6 Å². The Hall–Kier alpha value is -2.08. The number of anilines is 1. The minimum Gasteiger partial charge on any atom is -0.502 e. The summed E-state index contributed by atoms with van der Waals surface area (Å²) in [5.41, 5.74) is 0.307. The van der Waals surface area contributed by atoms with Gasteiger partial charge in [-0.05, 0) is 12.1 Å². The van der Waals surface area contributed by atoms with Crippen molar-refractivity contribution in [3.8, 4) is 0 Å². The molecule has 0 bridgehead atoms. The SMILES string of the molecule is CN1c2ccccc2C(O)=C([N+](=O)[O-])C1O. The van der Waals surface area contributed by atoms with Crippen molar-refractivity contribution >= 4 is 11.4 Å². The van der Waals surface area contributed by atoms with Crippen LogP contribution >= 0.6 is 0 Å². The molecule has 0 spiro atoms. The Balaban J connectivity index is 2.69. The van der Waals surface area contributed by atoms with Crippen molar-refractivity contribution < 1.29 is 15.1 Å². The third-order valence-electron chi connectivity index (χ3n) is 2.59. The first-order valence-corrected chi connectivity index (χ1v) is 4.62. The number of hydrogen-bond donors (Lipinski definition) is 2. The number of likely N-dealkylation sites (N-methyl/N-ethyl adjacent to an activating group) is 1. The van der Waals surface area contributed by atoms with E-state index in [9.17, 15) is 20.3 Å². The lowest BCUT2D eigenvalue weighted by Crippen LogP contribution is -2.39. The molecule has 2 rings (SSSR count). The van der Waals surface area contributed by atoms with Gasteiger partial charge in [0, 0.05) is 12.6 Å². The highest BCUT2D eigenvalue weighted by Crippen LogP contribution is 2.34. The summed E-state index contributed by atoms with van der Waals surface area (Å²) in [6.45, 7) is 0. The Bertz CT molecular complexity index is 483. The van der Waals surface area contributed by atoms with Crippen molar-refractivity contribution in [3.05, 3.63) is 45.6 Å². The number of para-hydroxylation sites is 1. The number of rotatable bonds is 1. The van der Waals surface area contributed by atoms with Crippen LogP contribution in [0.3, 0.4) is 0 Å². The quantitative estimate of drug-likeness (QED) is 0.545. The number of nitrogens with zero attached hydrogens (tertiary/aromatic N) is 2. The molecule has 0 radical (unpaired) electrons. The number of benzene rings is 1. The van der Waals surface area contributed by atoms with Gasteiger partial charge in [-0.25, -0.2) is 0 Å². The third kappa shape index (κ3) is 1.31. The van der Waals surface area contributed by atoms with Crippen molar-refractivity contribution in [2.45, 2.75) is 6.23 Å². The second-order valence-corrected chi connectivity index (χ2v) is 3.49. The average molecular weight is 222 g/mol. The zero-order chi connectivity index (χ0) is 11.9. The second-order valence-electron chi connectivity index (χ2n) is 3.49. The van der Waals surface area contributed by atoms with Gasteiger partial charge in [0.2, 0.25) is 12.0 Å². The fraction of sp³-hybridized carbons (Fsp3) is 0.200. The summed E-state index contributed by atoms with van der Waals surface area (Å²) in [5, 5.41) is 30.2. The van der Waals surface area contributed by atoms with Crippen LogP contribution in [0.25, 0.3) is 5.76 Å². The molecule has 1 aliphatic heterocycles. The molecule has 6 nitrogen and oxygen atoms in total. The van der Waals surface area contributed by atoms with E-state index in [2.05, 4.69) is 0 Å². The van der Waals surface area contributed by atoms with E-state index in [-0.39, 0.29) is 0 Å². The normalized spacial score (nSPS) is 19.6. The zero-order valence-electron chi connectivity index (χ0n) is 8.49. The molecule has 6 heteroatoms. The van der Waals surface area contributed by atoms with E-state index in [0.717, 1.165) is 0 Å². The Morgan fingerprint density at radius 2 is 2.06 bits per heavy atom. The van der Waals surface area contributed by atoms with E-state index in [4.69, 9.17) is 0 Å². The minimum absolute atomic E-state index is 0.349. The molecular weight excluding hydrogens is 212 g/mol. The molecule has 1 atom stereocenters. The van der Waals surface area contributed by atoms with E-state index in [1.54, 1.807) is 24.3 Å². The van der Waals surface area contributed by atoms with Crippen LogP contribution in [-0.2, 0) is 0 Å². The number of nitro groups is 1. The maximum absolute atomic E-state index is 10.7. The number of aliphatic hydroxyl groups excluding tert-OH is 2. The van der Waals surface area contributed by atoms with Crippen molar-refractivity contribution in [1.82, 2.24) is 0 Å². The van der Waals surface area contributed by atoms with E-state index in [1.165, 1.54) is 11.9 Å². The molecule has 0 saturated carbocycles. The molecule has 1 aromatic carbocycles. The van der Waals surface area contributed by atoms with Crippen LogP contribution in [0.2, 0.25) is 0 Å². The topological polar surface area (TPSA) is 86.8 Å². The Morgan fingerprint density at radius 3 is 2.69 bits per heavy atom. The summed E-state index contributed by atoms with van der Waals surface area (Å²) < 4.78 is 0. The van der Waals surface area contributed by atoms with Crippen molar-refractivity contribution in [1.29, 1.82) is 0 Å². The number of hydrogen-bond acceptors (Lipinski definition) is 5. The molecule has 84 valence electrons. The molecule has 0 aromatic heterocycles. The monoisotopic (exact) mass is 222 g/mol. The largest absolute Gasteiger partial charge is 0.502 e. The zero-order valence-corrected chi connectivity index (χ0v) is 8.49. The van der Waals surface area contributed by atoms with Gasteiger partial charge in [-0.15, -0.1) is 0 Å². The Kier molecular flexibility index (Phi) is 2.28. The molecule has 16 heavy (non-hydrogen) atoms. The summed E-state index contributed by atoms with van der Waals surface area (Å²) in [6, 6.07) is 6.63. The predicted molar refractivity (Wildman–Crippen MR) is 57.4 cm³/mol. The average Bonchev–Trinajstić information content (AvgIpc) is 2.26. The molecule has 1 aliphatic rings. The molecule has 0 amide bonds. The van der Waals surface area contributed by atoms with Crippen molar-refractivity contribution in [2.24, 2.45) is 0 Å². The number of aliphatic hydroxyl groups is 2. The van der Waals surface area contributed by atoms with Gasteiger partial charge < -0.3 is 15.1 Å². The molecular formula is C10H10N2O4. The van der Waals surface area contributed by atoms with Gasteiger partial charge in [-0.1, -0.05) is 12.1 Å². The highest BCUT2D eigenvalue weighted by atomic mass is 16.6. The van der Waals surface area contributed by atoms with Crippen LogP contribution in [0.4, 0.5) is 5.69 Å². The molecule has 1 heterocycles. The lowest BCUT2D eigenvalue weighted by molar-refractivity contribution is -0.436. The molecule has 1 aromatic rings. The van der Waals surface area contributed by atoms with Gasteiger partial charge in [0.05, 0.1) is 10.6 Å². The lowest BCUT2D eigenvalue weighted by atomic mass is 10.0. The van der Waals surface area contributed by atoms with Gasteiger partial charge in [0.1, 0.15) is 0 Å². The highest BCUT2D eigenvalue weighted by Gasteiger charge is 2.37. The maximum atomic E-state index is 10.7. The molecule has 0 aliphatic carbocycles. The number of fused-ring (bicyclic) bond motifs is 1. The van der Waals surface area contributed by atoms with Crippen LogP contribution in [0, 0.1) is 10.1 Å². The first kappa shape index (κ1) is 10.4. The lowest BCUT2D eigenvalue weighted by Gasteiger charge is -2.29. The van der Waals surface area contributed by atoms with Crippen molar-refractivity contribution in [2.75, 3.05) is 11.9 Å². The van der Waals surface area contributed by atoms with Gasteiger partial charge in [-0.3, -0.25) is 10.1 Å². The molecule has 1 unspecified atom stereocenters. The first-order valence-electron chi connectivity index (χ1n) is 4.62. The fourth-order valence-electron chi connectivity index (χ4n) is 1.74. The first-order chi connectivity index (χ1) is 7.54. The molecule has 0 fully saturated rings. The highest BCUT2D eigenvalue weighted by molar-refractivity contribution is 5.77. The van der Waals surface area contributed by atoms with Crippen LogP contribution in [0.15, 0.2) is 30.0 Å². The fourth-order valence-corrected chi connectivity index (χ4v) is 1.74. The van der Waals surface area contributed by atoms with Gasteiger partial charge >= 0.3 is 5.70 Å². The van der Waals surface area contributed by atoms with Gasteiger partial charge in [0.15, 0.2) is 0 Å². The van der Waals surface area contributed by atoms with Gasteiger partial charge in [-0.2, -0.15) is 0 Å².